The van der Waals surface area contributed by atoms with Crippen LogP contribution in [0.2, 0.25) is 0 Å². The lowest BCUT2D eigenvalue weighted by Gasteiger charge is -2.46. The minimum absolute atomic E-state index is 0.0663. The van der Waals surface area contributed by atoms with Crippen LogP contribution in [0, 0.1) is 5.82 Å². The average molecular weight is 315 g/mol. The van der Waals surface area contributed by atoms with E-state index >= 15 is 0 Å². The fourth-order valence-electron chi connectivity index (χ4n) is 2.75. The molecule has 1 saturated heterocycles. The summed E-state index contributed by atoms with van der Waals surface area (Å²) in [5.41, 5.74) is 0.0663. The lowest BCUT2D eigenvalue weighted by molar-refractivity contribution is -0.153. The van der Waals surface area contributed by atoms with Crippen molar-refractivity contribution < 1.29 is 13.9 Å². The molecule has 1 aliphatic carbocycles. The lowest BCUT2D eigenvalue weighted by Crippen LogP contribution is -2.48. The molecule has 0 amide bonds. The van der Waals surface area contributed by atoms with Crippen LogP contribution >= 0.6 is 15.9 Å². The maximum atomic E-state index is 13.4. The van der Waals surface area contributed by atoms with Gasteiger partial charge in [-0.3, -0.25) is 0 Å². The molecule has 4 heteroatoms. The Morgan fingerprint density at radius 3 is 2.89 bits per heavy atom. The van der Waals surface area contributed by atoms with Gasteiger partial charge in [0.05, 0.1) is 16.7 Å². The topological polar surface area (TPSA) is 18.5 Å². The van der Waals surface area contributed by atoms with Crippen LogP contribution in [0.15, 0.2) is 22.7 Å². The summed E-state index contributed by atoms with van der Waals surface area (Å²) in [5, 5.41) is 0. The Morgan fingerprint density at radius 1 is 1.39 bits per heavy atom. The zero-order valence-electron chi connectivity index (χ0n) is 10.1. The number of halogens is 2. The molecule has 2 aliphatic rings. The van der Waals surface area contributed by atoms with Crippen LogP contribution in [0.1, 0.15) is 32.1 Å². The SMILES string of the molecule is Fc1cc(OC2CCOC3(CCC3)C2)ccc1Br. The Morgan fingerprint density at radius 2 is 2.22 bits per heavy atom. The van der Waals surface area contributed by atoms with Gasteiger partial charge in [0, 0.05) is 18.9 Å². The van der Waals surface area contributed by atoms with E-state index < -0.39 is 0 Å². The summed E-state index contributed by atoms with van der Waals surface area (Å²) in [4.78, 5) is 0. The van der Waals surface area contributed by atoms with Gasteiger partial charge in [-0.2, -0.15) is 0 Å². The smallest absolute Gasteiger partial charge is 0.141 e. The van der Waals surface area contributed by atoms with Crippen molar-refractivity contribution in [3.05, 3.63) is 28.5 Å². The third-order valence-corrected chi connectivity index (χ3v) is 4.55. The third kappa shape index (κ3) is 2.41. The van der Waals surface area contributed by atoms with Gasteiger partial charge in [-0.05, 0) is 47.3 Å². The van der Waals surface area contributed by atoms with Crippen molar-refractivity contribution in [1.29, 1.82) is 0 Å². The number of rotatable bonds is 2. The van der Waals surface area contributed by atoms with Gasteiger partial charge in [0.15, 0.2) is 0 Å². The normalized spacial score (nSPS) is 25.8. The Balaban J connectivity index is 1.66. The third-order valence-electron chi connectivity index (χ3n) is 3.91. The van der Waals surface area contributed by atoms with Crippen LogP contribution in [0.3, 0.4) is 0 Å². The van der Waals surface area contributed by atoms with Crippen LogP contribution < -0.4 is 4.74 Å². The average Bonchev–Trinajstić information content (AvgIpc) is 2.32. The van der Waals surface area contributed by atoms with E-state index in [1.54, 1.807) is 12.1 Å². The molecule has 0 radical (unpaired) electrons. The molecule has 2 fully saturated rings. The number of benzene rings is 1. The maximum Gasteiger partial charge on any atom is 0.141 e. The molecule has 0 bridgehead atoms. The molecule has 1 aromatic carbocycles. The fourth-order valence-corrected chi connectivity index (χ4v) is 2.99. The lowest BCUT2D eigenvalue weighted by atomic mass is 9.74. The van der Waals surface area contributed by atoms with Crippen molar-refractivity contribution in [2.45, 2.75) is 43.8 Å². The van der Waals surface area contributed by atoms with Gasteiger partial charge in [-0.15, -0.1) is 0 Å². The second-order valence-electron chi connectivity index (χ2n) is 5.19. The van der Waals surface area contributed by atoms with E-state index in [2.05, 4.69) is 15.9 Å². The predicted octanol–water partition coefficient (Wildman–Crippen LogP) is 4.07. The van der Waals surface area contributed by atoms with E-state index in [9.17, 15) is 4.39 Å². The molecule has 1 aliphatic heterocycles. The second-order valence-corrected chi connectivity index (χ2v) is 6.05. The molecule has 0 aromatic heterocycles. The molecule has 0 N–H and O–H groups in total. The van der Waals surface area contributed by atoms with Gasteiger partial charge in [0.2, 0.25) is 0 Å². The zero-order valence-corrected chi connectivity index (χ0v) is 11.7. The first-order valence-electron chi connectivity index (χ1n) is 6.43. The quantitative estimate of drug-likeness (QED) is 0.819. The molecule has 1 unspecified atom stereocenters. The van der Waals surface area contributed by atoms with Gasteiger partial charge in [-0.25, -0.2) is 4.39 Å². The minimum Gasteiger partial charge on any atom is -0.490 e. The van der Waals surface area contributed by atoms with E-state index in [0.717, 1.165) is 32.3 Å². The van der Waals surface area contributed by atoms with Crippen LogP contribution in [0.4, 0.5) is 4.39 Å². The van der Waals surface area contributed by atoms with E-state index in [4.69, 9.17) is 9.47 Å². The standard InChI is InChI=1S/C14H16BrFO2/c15-12-3-2-10(8-13(12)16)18-11-4-7-17-14(9-11)5-1-6-14/h2-3,8,11H,1,4-7,9H2. The molecule has 98 valence electrons. The highest BCUT2D eigenvalue weighted by molar-refractivity contribution is 9.10. The van der Waals surface area contributed by atoms with Crippen LogP contribution in [0.25, 0.3) is 0 Å². The molecule has 1 saturated carbocycles. The highest BCUT2D eigenvalue weighted by Gasteiger charge is 2.43. The number of hydrogen-bond donors (Lipinski definition) is 0. The Hall–Kier alpha value is -0.610. The van der Waals surface area contributed by atoms with Gasteiger partial charge in [-0.1, -0.05) is 0 Å². The van der Waals surface area contributed by atoms with Crippen molar-refractivity contribution in [2.75, 3.05) is 6.61 Å². The van der Waals surface area contributed by atoms with E-state index in [1.165, 1.54) is 12.5 Å². The minimum atomic E-state index is -0.280. The van der Waals surface area contributed by atoms with Gasteiger partial charge < -0.3 is 9.47 Å². The first kappa shape index (κ1) is 12.4. The molecular weight excluding hydrogens is 299 g/mol. The molecule has 2 nitrogen and oxygen atoms in total. The molecule has 1 aromatic rings. The molecular formula is C14H16BrFO2. The molecule has 3 rings (SSSR count). The summed E-state index contributed by atoms with van der Waals surface area (Å²) in [6, 6.07) is 4.92. The van der Waals surface area contributed by atoms with E-state index in [-0.39, 0.29) is 17.5 Å². The molecule has 1 heterocycles. The molecule has 18 heavy (non-hydrogen) atoms. The number of hydrogen-bond acceptors (Lipinski definition) is 2. The van der Waals surface area contributed by atoms with Crippen molar-refractivity contribution in [3.63, 3.8) is 0 Å². The summed E-state index contributed by atoms with van der Waals surface area (Å²) in [7, 11) is 0. The second kappa shape index (κ2) is 4.82. The van der Waals surface area contributed by atoms with Crippen LogP contribution in [-0.2, 0) is 4.74 Å². The van der Waals surface area contributed by atoms with E-state index in [0.29, 0.717) is 10.2 Å². The van der Waals surface area contributed by atoms with Crippen molar-refractivity contribution >= 4 is 15.9 Å². The highest BCUT2D eigenvalue weighted by Crippen LogP contribution is 2.43. The van der Waals surface area contributed by atoms with Crippen molar-refractivity contribution in [2.24, 2.45) is 0 Å². The fraction of sp³-hybridized carbons (Fsp3) is 0.571. The first-order chi connectivity index (χ1) is 8.67. The summed E-state index contributed by atoms with van der Waals surface area (Å²) < 4.78 is 25.6. The Labute approximate surface area is 115 Å². The van der Waals surface area contributed by atoms with Crippen LogP contribution in [-0.4, -0.2) is 18.3 Å². The number of ether oxygens (including phenoxy) is 2. The monoisotopic (exact) mass is 314 g/mol. The zero-order chi connectivity index (χ0) is 12.6. The van der Waals surface area contributed by atoms with Crippen LogP contribution in [0.5, 0.6) is 5.75 Å². The Kier molecular flexibility index (Phi) is 3.32. The van der Waals surface area contributed by atoms with Crippen molar-refractivity contribution in [1.82, 2.24) is 0 Å². The highest BCUT2D eigenvalue weighted by atomic mass is 79.9. The van der Waals surface area contributed by atoms with E-state index in [1.807, 2.05) is 0 Å². The van der Waals surface area contributed by atoms with Crippen molar-refractivity contribution in [3.8, 4) is 5.75 Å². The molecule has 1 atom stereocenters. The maximum absolute atomic E-state index is 13.4. The summed E-state index contributed by atoms with van der Waals surface area (Å²) in [5.74, 6) is 0.329. The summed E-state index contributed by atoms with van der Waals surface area (Å²) in [6.07, 6.45) is 5.51. The van der Waals surface area contributed by atoms with Gasteiger partial charge in [0.25, 0.3) is 0 Å². The summed E-state index contributed by atoms with van der Waals surface area (Å²) in [6.45, 7) is 0.754. The summed E-state index contributed by atoms with van der Waals surface area (Å²) >= 11 is 3.14. The largest absolute Gasteiger partial charge is 0.490 e. The van der Waals surface area contributed by atoms with Gasteiger partial charge >= 0.3 is 0 Å². The Bertz CT molecular complexity index is 445. The molecule has 1 spiro atoms. The predicted molar refractivity (Wildman–Crippen MR) is 70.3 cm³/mol. The van der Waals surface area contributed by atoms with Gasteiger partial charge in [0.1, 0.15) is 17.7 Å². The first-order valence-corrected chi connectivity index (χ1v) is 7.22.